The van der Waals surface area contributed by atoms with Gasteiger partial charge in [0.2, 0.25) is 5.91 Å². The van der Waals surface area contributed by atoms with Gasteiger partial charge in [0.1, 0.15) is 0 Å². The number of nitrogens with one attached hydrogen (secondary N) is 1. The first-order chi connectivity index (χ1) is 13.6. The Bertz CT molecular complexity index is 641. The first kappa shape index (κ1) is 20.4. The SMILES string of the molecule is O=P(O)(O)O.[2H]C([2H])([2H])C(=O)NC1C(N)CC(C(=O)OCC)=CC1OC(CC)CC. The van der Waals surface area contributed by atoms with Crippen LogP contribution in [0, 0.1) is 0 Å². The molecule has 3 unspecified atom stereocenters. The van der Waals surface area contributed by atoms with Crippen molar-refractivity contribution in [1.82, 2.24) is 5.32 Å². The van der Waals surface area contributed by atoms with Crippen molar-refractivity contribution in [3.05, 3.63) is 11.6 Å². The van der Waals surface area contributed by atoms with Crippen LogP contribution in [0.5, 0.6) is 0 Å². The molecule has 6 N–H and O–H groups in total. The summed E-state index contributed by atoms with van der Waals surface area (Å²) >= 11 is 0. The van der Waals surface area contributed by atoms with Crippen LogP contribution in [-0.4, -0.2) is 57.5 Å². The zero-order valence-electron chi connectivity index (χ0n) is 18.6. The Labute approximate surface area is 163 Å². The lowest BCUT2D eigenvalue weighted by molar-refractivity contribution is -0.139. The summed E-state index contributed by atoms with van der Waals surface area (Å²) in [5, 5.41) is 2.46. The van der Waals surface area contributed by atoms with Crippen LogP contribution in [0.1, 0.15) is 51.0 Å². The van der Waals surface area contributed by atoms with E-state index in [1.165, 1.54) is 0 Å². The Hall–Kier alpha value is -1.29. The minimum absolute atomic E-state index is 0.0952. The summed E-state index contributed by atoms with van der Waals surface area (Å²) in [5.41, 5.74) is 6.50. The quantitative estimate of drug-likeness (QED) is 0.292. The van der Waals surface area contributed by atoms with Gasteiger partial charge >= 0.3 is 13.8 Å². The molecule has 0 radical (unpaired) electrons. The van der Waals surface area contributed by atoms with E-state index in [1.54, 1.807) is 13.0 Å². The number of hydrogen-bond acceptors (Lipinski definition) is 6. The summed E-state index contributed by atoms with van der Waals surface area (Å²) < 4.78 is 41.5. The average Bonchev–Trinajstić information content (AvgIpc) is 2.59. The van der Waals surface area contributed by atoms with Crippen molar-refractivity contribution in [2.24, 2.45) is 5.73 Å². The lowest BCUT2D eigenvalue weighted by Gasteiger charge is -2.36. The third-order valence-electron chi connectivity index (χ3n) is 3.73. The number of hydrogen-bond donors (Lipinski definition) is 5. The second kappa shape index (κ2) is 12.2. The van der Waals surface area contributed by atoms with Crippen LogP contribution < -0.4 is 11.1 Å². The molecule has 0 bridgehead atoms. The Balaban J connectivity index is 0.00000150. The lowest BCUT2D eigenvalue weighted by Crippen LogP contribution is -2.57. The minimum Gasteiger partial charge on any atom is -0.463 e. The van der Waals surface area contributed by atoms with Crippen molar-refractivity contribution in [3.8, 4) is 0 Å². The number of ether oxygens (including phenoxy) is 2. The fraction of sp³-hybridized carbons (Fsp3) is 0.750. The maximum atomic E-state index is 12.0. The van der Waals surface area contributed by atoms with Gasteiger partial charge in [-0.3, -0.25) is 4.79 Å². The van der Waals surface area contributed by atoms with E-state index in [0.717, 1.165) is 12.8 Å². The molecule has 0 saturated carbocycles. The van der Waals surface area contributed by atoms with Gasteiger partial charge in [-0.25, -0.2) is 9.36 Å². The Morgan fingerprint density at radius 3 is 2.37 bits per heavy atom. The number of esters is 1. The number of carbonyl (C=O) groups is 2. The number of nitrogens with two attached hydrogens (primary N) is 1. The summed E-state index contributed by atoms with van der Waals surface area (Å²) in [6.07, 6.45) is 2.45. The maximum absolute atomic E-state index is 12.0. The normalized spacial score (nSPS) is 24.5. The molecule has 11 heteroatoms. The van der Waals surface area contributed by atoms with E-state index in [1.807, 2.05) is 13.8 Å². The zero-order valence-corrected chi connectivity index (χ0v) is 16.5. The Kier molecular flexibility index (Phi) is 9.26. The average molecular weight is 413 g/mol. The van der Waals surface area contributed by atoms with E-state index in [4.69, 9.17) is 38.6 Å². The molecule has 1 rings (SSSR count). The highest BCUT2D eigenvalue weighted by Crippen LogP contribution is 2.26. The van der Waals surface area contributed by atoms with Crippen molar-refractivity contribution in [1.29, 1.82) is 0 Å². The fourth-order valence-electron chi connectivity index (χ4n) is 2.54. The van der Waals surface area contributed by atoms with Crippen molar-refractivity contribution in [2.75, 3.05) is 6.61 Å². The molecule has 0 heterocycles. The third-order valence-corrected chi connectivity index (χ3v) is 3.73. The summed E-state index contributed by atoms with van der Waals surface area (Å²) in [7, 11) is -4.64. The molecule has 10 nitrogen and oxygen atoms in total. The largest absolute Gasteiger partial charge is 0.466 e. The van der Waals surface area contributed by atoms with Crippen LogP contribution in [0.2, 0.25) is 0 Å². The Morgan fingerprint density at radius 1 is 1.37 bits per heavy atom. The smallest absolute Gasteiger partial charge is 0.463 e. The van der Waals surface area contributed by atoms with Gasteiger partial charge in [0.15, 0.2) is 0 Å². The molecular weight excluding hydrogens is 379 g/mol. The molecule has 158 valence electrons. The summed E-state index contributed by atoms with van der Waals surface area (Å²) in [6, 6.07) is -1.39. The molecule has 0 fully saturated rings. The third kappa shape index (κ3) is 11.2. The lowest BCUT2D eigenvalue weighted by atomic mass is 9.88. The second-order valence-electron chi connectivity index (χ2n) is 5.83. The van der Waals surface area contributed by atoms with E-state index >= 15 is 0 Å². The van der Waals surface area contributed by atoms with Crippen LogP contribution in [0.3, 0.4) is 0 Å². The predicted molar refractivity (Wildman–Crippen MR) is 98.4 cm³/mol. The first-order valence-electron chi connectivity index (χ1n) is 10.0. The van der Waals surface area contributed by atoms with Gasteiger partial charge in [-0.2, -0.15) is 0 Å². The molecule has 0 aromatic rings. The van der Waals surface area contributed by atoms with E-state index in [9.17, 15) is 9.59 Å². The highest BCUT2D eigenvalue weighted by atomic mass is 31.2. The molecule has 0 saturated heterocycles. The molecule has 1 aliphatic rings. The van der Waals surface area contributed by atoms with E-state index in [-0.39, 0.29) is 19.1 Å². The van der Waals surface area contributed by atoms with Crippen molar-refractivity contribution < 1.29 is 42.4 Å². The summed E-state index contributed by atoms with van der Waals surface area (Å²) in [5.74, 6) is -1.56. The molecule has 1 amide bonds. The molecule has 0 aromatic heterocycles. The van der Waals surface area contributed by atoms with Gasteiger partial charge in [0.05, 0.1) is 24.9 Å². The number of rotatable bonds is 7. The molecule has 3 atom stereocenters. The van der Waals surface area contributed by atoms with Crippen molar-refractivity contribution >= 4 is 19.7 Å². The van der Waals surface area contributed by atoms with Crippen molar-refractivity contribution in [2.45, 2.75) is 71.2 Å². The predicted octanol–water partition coefficient (Wildman–Crippen LogP) is 0.357. The highest BCUT2D eigenvalue weighted by Gasteiger charge is 2.35. The number of phosphoric acid groups is 1. The van der Waals surface area contributed by atoms with Gasteiger partial charge in [-0.05, 0) is 32.3 Å². The van der Waals surface area contributed by atoms with Gasteiger partial charge in [0.25, 0.3) is 0 Å². The van der Waals surface area contributed by atoms with Crippen molar-refractivity contribution in [3.63, 3.8) is 0 Å². The van der Waals surface area contributed by atoms with E-state index in [2.05, 4.69) is 5.32 Å². The van der Waals surface area contributed by atoms with Gasteiger partial charge in [-0.1, -0.05) is 13.8 Å². The molecule has 0 aliphatic heterocycles. The number of amides is 1. The van der Waals surface area contributed by atoms with Crippen LogP contribution >= 0.6 is 7.82 Å². The molecule has 0 spiro atoms. The van der Waals surface area contributed by atoms with Gasteiger partial charge < -0.3 is 35.2 Å². The second-order valence-corrected chi connectivity index (χ2v) is 6.86. The maximum Gasteiger partial charge on any atom is 0.466 e. The molecule has 27 heavy (non-hydrogen) atoms. The molecular formula is C16H31N2O8P. The first-order valence-corrected chi connectivity index (χ1v) is 10.1. The van der Waals surface area contributed by atoms with E-state index in [0.29, 0.717) is 5.57 Å². The fourth-order valence-corrected chi connectivity index (χ4v) is 2.54. The van der Waals surface area contributed by atoms with Crippen LogP contribution in [-0.2, 0) is 23.6 Å². The van der Waals surface area contributed by atoms with Crippen LogP contribution in [0.25, 0.3) is 0 Å². The number of carbonyl (C=O) groups excluding carboxylic acids is 2. The standard InChI is InChI=1S/C16H28N2O4.H3O4P/c1-5-12(6-2)22-14-9-11(16(20)21-7-3)8-13(17)15(14)18-10(4)19;1-5(2,3)4/h9,12-15H,5-8,17H2,1-4H3,(H,18,19);(H3,1,2,3,4)/i4D3;. The van der Waals surface area contributed by atoms with E-state index < -0.39 is 44.7 Å². The van der Waals surface area contributed by atoms with Gasteiger partial charge in [-0.15, -0.1) is 0 Å². The zero-order chi connectivity index (χ0) is 23.7. The van der Waals surface area contributed by atoms with Crippen LogP contribution in [0.15, 0.2) is 11.6 Å². The minimum atomic E-state index is -4.64. The summed E-state index contributed by atoms with van der Waals surface area (Å²) in [6.45, 7) is 3.09. The summed E-state index contributed by atoms with van der Waals surface area (Å²) in [4.78, 5) is 45.5. The highest BCUT2D eigenvalue weighted by molar-refractivity contribution is 7.45. The molecule has 1 aliphatic carbocycles. The monoisotopic (exact) mass is 413 g/mol. The van der Waals surface area contributed by atoms with Gasteiger partial charge in [0, 0.05) is 22.6 Å². The molecule has 0 aromatic carbocycles. The topological polar surface area (TPSA) is 168 Å². The van der Waals surface area contributed by atoms with Crippen LogP contribution in [0.4, 0.5) is 0 Å². The Morgan fingerprint density at radius 2 is 1.93 bits per heavy atom.